The molecule has 3 atom stereocenters. The molecule has 0 bridgehead atoms. The van der Waals surface area contributed by atoms with Gasteiger partial charge in [0.2, 0.25) is 0 Å². The Morgan fingerprint density at radius 2 is 1.91 bits per heavy atom. The summed E-state index contributed by atoms with van der Waals surface area (Å²) < 4.78 is 11.3. The van der Waals surface area contributed by atoms with Crippen LogP contribution in [0.15, 0.2) is 0 Å². The van der Waals surface area contributed by atoms with Crippen LogP contribution in [0.5, 0.6) is 0 Å². The van der Waals surface area contributed by atoms with Gasteiger partial charge in [0.1, 0.15) is 0 Å². The molecule has 0 unspecified atom stereocenters. The summed E-state index contributed by atoms with van der Waals surface area (Å²) in [5.41, 5.74) is 0. The lowest BCUT2D eigenvalue weighted by Crippen LogP contribution is -2.17. The Balaban J connectivity index is 2.43. The van der Waals surface area contributed by atoms with Crippen LogP contribution in [0.2, 0.25) is 0 Å². The summed E-state index contributed by atoms with van der Waals surface area (Å²) in [4.78, 5) is 0. The number of hydrogen-bond acceptors (Lipinski definition) is 2. The fourth-order valence-corrected chi connectivity index (χ4v) is 1.36. The number of hydrogen-bond donors (Lipinski definition) is 0. The number of rotatable bonds is 2. The third kappa shape index (κ3) is 1.94. The van der Waals surface area contributed by atoms with Crippen LogP contribution >= 0.6 is 0 Å². The van der Waals surface area contributed by atoms with Crippen LogP contribution < -0.4 is 0 Å². The van der Waals surface area contributed by atoms with E-state index in [2.05, 4.69) is 27.7 Å². The fourth-order valence-electron chi connectivity index (χ4n) is 1.36. The summed E-state index contributed by atoms with van der Waals surface area (Å²) in [6.07, 6.45) is 1.65. The molecule has 2 nitrogen and oxygen atoms in total. The first-order chi connectivity index (χ1) is 5.15. The monoisotopic (exact) mass is 158 g/mol. The summed E-state index contributed by atoms with van der Waals surface area (Å²) >= 11 is 0. The van der Waals surface area contributed by atoms with Gasteiger partial charge >= 0.3 is 0 Å². The molecule has 0 aromatic carbocycles. The summed E-state index contributed by atoms with van der Waals surface area (Å²) in [7, 11) is 0. The topological polar surface area (TPSA) is 18.5 Å². The Hall–Kier alpha value is -0.0800. The molecule has 11 heavy (non-hydrogen) atoms. The lowest BCUT2D eigenvalue weighted by Gasteiger charge is -2.13. The molecule has 0 amide bonds. The molecule has 1 aliphatic heterocycles. The van der Waals surface area contributed by atoms with E-state index in [0.717, 1.165) is 6.42 Å². The van der Waals surface area contributed by atoms with Gasteiger partial charge in [0, 0.05) is 5.92 Å². The van der Waals surface area contributed by atoms with Crippen molar-refractivity contribution in [1.29, 1.82) is 0 Å². The average molecular weight is 158 g/mol. The molecule has 2 heteroatoms. The molecule has 0 aromatic rings. The van der Waals surface area contributed by atoms with Crippen molar-refractivity contribution in [3.05, 3.63) is 0 Å². The van der Waals surface area contributed by atoms with Gasteiger partial charge in [0.25, 0.3) is 0 Å². The van der Waals surface area contributed by atoms with E-state index in [-0.39, 0.29) is 12.4 Å². The van der Waals surface area contributed by atoms with Crippen LogP contribution in [0.1, 0.15) is 34.1 Å². The molecule has 0 spiro atoms. The van der Waals surface area contributed by atoms with Crippen LogP contribution in [0, 0.1) is 5.92 Å². The Bertz CT molecular complexity index is 123. The third-order valence-electron chi connectivity index (χ3n) is 2.13. The standard InChI is InChI=1S/C9H18O2/c1-5-8-7(4)10-9(11-8)6(2)3/h6-9H,5H2,1-4H3/t7-,8-,9-/m1/s1. The first-order valence-corrected chi connectivity index (χ1v) is 4.46. The van der Waals surface area contributed by atoms with Gasteiger partial charge in [-0.2, -0.15) is 0 Å². The zero-order valence-corrected chi connectivity index (χ0v) is 7.83. The molecule has 0 aromatic heterocycles. The largest absolute Gasteiger partial charge is 0.347 e. The summed E-state index contributed by atoms with van der Waals surface area (Å²) in [6.45, 7) is 8.45. The van der Waals surface area contributed by atoms with Crippen LogP contribution in [-0.2, 0) is 9.47 Å². The fraction of sp³-hybridized carbons (Fsp3) is 1.00. The van der Waals surface area contributed by atoms with E-state index in [1.165, 1.54) is 0 Å². The molecular formula is C9H18O2. The zero-order chi connectivity index (χ0) is 8.43. The Morgan fingerprint density at radius 3 is 2.18 bits per heavy atom. The van der Waals surface area contributed by atoms with Crippen molar-refractivity contribution in [3.63, 3.8) is 0 Å². The van der Waals surface area contributed by atoms with Gasteiger partial charge in [-0.15, -0.1) is 0 Å². The van der Waals surface area contributed by atoms with E-state index >= 15 is 0 Å². The van der Waals surface area contributed by atoms with E-state index in [4.69, 9.17) is 9.47 Å². The van der Waals surface area contributed by atoms with Crippen molar-refractivity contribution < 1.29 is 9.47 Å². The van der Waals surface area contributed by atoms with Gasteiger partial charge in [-0.1, -0.05) is 20.8 Å². The average Bonchev–Trinajstić information content (AvgIpc) is 2.31. The second-order valence-electron chi connectivity index (χ2n) is 3.54. The highest BCUT2D eigenvalue weighted by Gasteiger charge is 2.32. The molecule has 1 heterocycles. The molecule has 0 aliphatic carbocycles. The van der Waals surface area contributed by atoms with Crippen molar-refractivity contribution in [1.82, 2.24) is 0 Å². The Morgan fingerprint density at radius 1 is 1.27 bits per heavy atom. The van der Waals surface area contributed by atoms with E-state index in [1.54, 1.807) is 0 Å². The summed E-state index contributed by atoms with van der Waals surface area (Å²) in [5, 5.41) is 0. The van der Waals surface area contributed by atoms with Gasteiger partial charge < -0.3 is 9.47 Å². The predicted octanol–water partition coefficient (Wildman–Crippen LogP) is 2.18. The van der Waals surface area contributed by atoms with E-state index in [9.17, 15) is 0 Å². The molecule has 1 fully saturated rings. The maximum Gasteiger partial charge on any atom is 0.160 e. The molecular weight excluding hydrogens is 140 g/mol. The first kappa shape index (κ1) is 9.01. The highest BCUT2D eigenvalue weighted by molar-refractivity contribution is 4.73. The molecule has 0 radical (unpaired) electrons. The van der Waals surface area contributed by atoms with E-state index in [0.29, 0.717) is 12.0 Å². The van der Waals surface area contributed by atoms with Gasteiger partial charge in [-0.3, -0.25) is 0 Å². The van der Waals surface area contributed by atoms with Crippen LogP contribution in [-0.4, -0.2) is 18.5 Å². The molecule has 0 N–H and O–H groups in total. The van der Waals surface area contributed by atoms with Crippen LogP contribution in [0.4, 0.5) is 0 Å². The van der Waals surface area contributed by atoms with Crippen molar-refractivity contribution in [2.45, 2.75) is 52.6 Å². The quantitative estimate of drug-likeness (QED) is 0.613. The van der Waals surface area contributed by atoms with Crippen LogP contribution in [0.3, 0.4) is 0 Å². The number of ether oxygens (including phenoxy) is 2. The second kappa shape index (κ2) is 3.55. The minimum Gasteiger partial charge on any atom is -0.347 e. The smallest absolute Gasteiger partial charge is 0.160 e. The maximum atomic E-state index is 5.66. The van der Waals surface area contributed by atoms with Crippen LogP contribution in [0.25, 0.3) is 0 Å². The minimum atomic E-state index is 0.0231. The minimum absolute atomic E-state index is 0.0231. The molecule has 1 aliphatic rings. The van der Waals surface area contributed by atoms with Crippen molar-refractivity contribution in [2.75, 3.05) is 0 Å². The van der Waals surface area contributed by atoms with E-state index < -0.39 is 0 Å². The Labute approximate surface area is 68.9 Å². The second-order valence-corrected chi connectivity index (χ2v) is 3.54. The predicted molar refractivity (Wildman–Crippen MR) is 44.3 cm³/mol. The van der Waals surface area contributed by atoms with Crippen molar-refractivity contribution >= 4 is 0 Å². The Kier molecular flexibility index (Phi) is 2.90. The van der Waals surface area contributed by atoms with Gasteiger partial charge in [0.15, 0.2) is 6.29 Å². The van der Waals surface area contributed by atoms with Gasteiger partial charge in [0.05, 0.1) is 12.2 Å². The molecule has 1 saturated heterocycles. The highest BCUT2D eigenvalue weighted by Crippen LogP contribution is 2.25. The lowest BCUT2D eigenvalue weighted by atomic mass is 10.2. The normalized spacial score (nSPS) is 38.5. The van der Waals surface area contributed by atoms with E-state index in [1.807, 2.05) is 0 Å². The highest BCUT2D eigenvalue weighted by atomic mass is 16.7. The first-order valence-electron chi connectivity index (χ1n) is 4.46. The summed E-state index contributed by atoms with van der Waals surface area (Å²) in [6, 6.07) is 0. The third-order valence-corrected chi connectivity index (χ3v) is 2.13. The maximum absolute atomic E-state index is 5.66. The van der Waals surface area contributed by atoms with Crippen molar-refractivity contribution in [2.24, 2.45) is 5.92 Å². The van der Waals surface area contributed by atoms with Gasteiger partial charge in [-0.25, -0.2) is 0 Å². The van der Waals surface area contributed by atoms with Gasteiger partial charge in [-0.05, 0) is 13.3 Å². The molecule has 1 rings (SSSR count). The summed E-state index contributed by atoms with van der Waals surface area (Å²) in [5.74, 6) is 0.467. The molecule has 0 saturated carbocycles. The lowest BCUT2D eigenvalue weighted by molar-refractivity contribution is -0.0938. The molecule has 66 valence electrons. The SMILES string of the molecule is CC[C@H]1O[C@H](C(C)C)O[C@@H]1C. The van der Waals surface area contributed by atoms with Crippen molar-refractivity contribution in [3.8, 4) is 0 Å². The zero-order valence-electron chi connectivity index (χ0n) is 7.83.